The molecule has 1 aliphatic carbocycles. The van der Waals surface area contributed by atoms with Gasteiger partial charge < -0.3 is 24.4 Å². The maximum atomic E-state index is 12.3. The predicted octanol–water partition coefficient (Wildman–Crippen LogP) is 2.01. The lowest BCUT2D eigenvalue weighted by atomic mass is 9.84. The summed E-state index contributed by atoms with van der Waals surface area (Å²) in [6.45, 7) is 7.92. The number of ether oxygens (including phenoxy) is 3. The van der Waals surface area contributed by atoms with Crippen molar-refractivity contribution in [3.05, 3.63) is 17.8 Å². The molecule has 33 heavy (non-hydrogen) atoms. The molecule has 2 saturated heterocycles. The monoisotopic (exact) mass is 458 g/mol. The zero-order valence-electron chi connectivity index (χ0n) is 19.7. The van der Waals surface area contributed by atoms with Crippen LogP contribution >= 0.6 is 0 Å². The van der Waals surface area contributed by atoms with Crippen molar-refractivity contribution < 1.29 is 19.0 Å². The van der Waals surface area contributed by atoms with Crippen molar-refractivity contribution in [2.45, 2.75) is 57.1 Å². The third-order valence-electron chi connectivity index (χ3n) is 7.62. The van der Waals surface area contributed by atoms with Crippen molar-refractivity contribution in [2.24, 2.45) is 5.92 Å². The highest BCUT2D eigenvalue weighted by molar-refractivity contribution is 5.76. The number of rotatable bonds is 7. The van der Waals surface area contributed by atoms with E-state index in [0.29, 0.717) is 32.3 Å². The predicted molar refractivity (Wildman–Crippen MR) is 126 cm³/mol. The highest BCUT2D eigenvalue weighted by Gasteiger charge is 2.27. The summed E-state index contributed by atoms with van der Waals surface area (Å²) in [5.41, 5.74) is 1.30. The van der Waals surface area contributed by atoms with E-state index in [1.165, 1.54) is 31.4 Å². The number of hydrogen-bond donors (Lipinski definition) is 1. The number of nitrogens with zero attached hydrogens (tertiary/aromatic N) is 3. The molecule has 1 N–H and O–H groups in total. The Morgan fingerprint density at radius 3 is 2.73 bits per heavy atom. The van der Waals surface area contributed by atoms with Gasteiger partial charge in [0.05, 0.1) is 39.0 Å². The fraction of sp³-hybridized carbons (Fsp3) is 0.760. The molecule has 1 aromatic heterocycles. The van der Waals surface area contributed by atoms with E-state index in [1.807, 2.05) is 6.20 Å². The molecule has 3 fully saturated rings. The van der Waals surface area contributed by atoms with Crippen LogP contribution in [0.3, 0.4) is 0 Å². The largest absolute Gasteiger partial charge is 0.489 e. The van der Waals surface area contributed by atoms with Gasteiger partial charge in [-0.25, -0.2) is 4.98 Å². The number of aromatic nitrogens is 1. The summed E-state index contributed by atoms with van der Waals surface area (Å²) in [6.07, 6.45) is 9.13. The smallest absolute Gasteiger partial charge is 0.222 e. The van der Waals surface area contributed by atoms with Crippen LogP contribution < -0.4 is 15.0 Å². The lowest BCUT2D eigenvalue weighted by Crippen LogP contribution is -2.47. The normalized spacial score (nSPS) is 28.2. The molecule has 3 aliphatic heterocycles. The summed E-state index contributed by atoms with van der Waals surface area (Å²) in [5, 5.41) is 3.22. The summed E-state index contributed by atoms with van der Waals surface area (Å²) in [6, 6.07) is 2.41. The number of anilines is 1. The highest BCUT2D eigenvalue weighted by atomic mass is 16.6. The average Bonchev–Trinajstić information content (AvgIpc) is 3.34. The van der Waals surface area contributed by atoms with Gasteiger partial charge in [-0.1, -0.05) is 0 Å². The lowest BCUT2D eigenvalue weighted by molar-refractivity contribution is -0.132. The number of carbonyl (C=O) groups excluding carboxylic acids is 1. The number of pyridine rings is 1. The van der Waals surface area contributed by atoms with Crippen LogP contribution in [0.25, 0.3) is 0 Å². The van der Waals surface area contributed by atoms with Gasteiger partial charge in [0.2, 0.25) is 5.91 Å². The van der Waals surface area contributed by atoms with E-state index < -0.39 is 0 Å². The second-order valence-corrected chi connectivity index (χ2v) is 9.90. The van der Waals surface area contributed by atoms with E-state index in [9.17, 15) is 4.79 Å². The van der Waals surface area contributed by atoms with E-state index >= 15 is 0 Å². The summed E-state index contributed by atoms with van der Waals surface area (Å²) in [7, 11) is 0. The van der Waals surface area contributed by atoms with Gasteiger partial charge in [-0.2, -0.15) is 0 Å². The Bertz CT molecular complexity index is 785. The SMILES string of the molecule is O=C(C[C@H]1COCCO1)NC1CCC(CCN2CCN(c3nccc4c3OCC4)CC2)CC1. The molecule has 0 bridgehead atoms. The number of hydrogen-bond acceptors (Lipinski definition) is 7. The van der Waals surface area contributed by atoms with E-state index in [4.69, 9.17) is 14.2 Å². The average molecular weight is 459 g/mol. The van der Waals surface area contributed by atoms with Crippen LogP contribution in [0, 0.1) is 5.92 Å². The first-order valence-corrected chi connectivity index (χ1v) is 12.8. The van der Waals surface area contributed by atoms with E-state index in [0.717, 1.165) is 69.5 Å². The molecule has 1 amide bonds. The Balaban J connectivity index is 0.980. The molecular formula is C25H38N4O4. The van der Waals surface area contributed by atoms with Crippen LogP contribution in [0.4, 0.5) is 5.82 Å². The summed E-state index contributed by atoms with van der Waals surface area (Å²) in [5.74, 6) is 2.93. The van der Waals surface area contributed by atoms with E-state index in [2.05, 4.69) is 26.2 Å². The van der Waals surface area contributed by atoms with Gasteiger partial charge in [0.1, 0.15) is 0 Å². The maximum absolute atomic E-state index is 12.3. The quantitative estimate of drug-likeness (QED) is 0.670. The summed E-state index contributed by atoms with van der Waals surface area (Å²) in [4.78, 5) is 21.9. The molecular weight excluding hydrogens is 420 g/mol. The number of amides is 1. The van der Waals surface area contributed by atoms with E-state index in [1.54, 1.807) is 0 Å². The first-order valence-electron chi connectivity index (χ1n) is 12.8. The van der Waals surface area contributed by atoms with Crippen LogP contribution in [0.1, 0.15) is 44.1 Å². The standard InChI is InChI=1S/C25H38N4O4/c30-23(17-22-18-31-15-16-32-22)27-21-3-1-19(2-4-21)6-9-28-10-12-29(13-11-28)25-24-20(5-8-26-25)7-14-33-24/h5,8,19,21-22H,1-4,6-7,9-18H2,(H,27,30)/t19?,21?,22-/m0/s1. The number of piperazine rings is 1. The summed E-state index contributed by atoms with van der Waals surface area (Å²) >= 11 is 0. The fourth-order valence-corrected chi connectivity index (χ4v) is 5.61. The molecule has 0 unspecified atom stereocenters. The second-order valence-electron chi connectivity index (χ2n) is 9.90. The lowest BCUT2D eigenvalue weighted by Gasteiger charge is -2.37. The van der Waals surface area contributed by atoms with Crippen LogP contribution in [0.5, 0.6) is 5.75 Å². The molecule has 1 aromatic rings. The van der Waals surface area contributed by atoms with Gasteiger partial charge in [0.25, 0.3) is 0 Å². The number of carbonyl (C=O) groups is 1. The zero-order valence-corrected chi connectivity index (χ0v) is 19.7. The molecule has 8 heteroatoms. The molecule has 0 radical (unpaired) electrons. The fourth-order valence-electron chi connectivity index (χ4n) is 5.61. The van der Waals surface area contributed by atoms with Crippen molar-refractivity contribution in [3.63, 3.8) is 0 Å². The first-order chi connectivity index (χ1) is 16.2. The van der Waals surface area contributed by atoms with Crippen LogP contribution in [-0.4, -0.2) is 87.1 Å². The van der Waals surface area contributed by atoms with Crippen molar-refractivity contribution >= 4 is 11.7 Å². The van der Waals surface area contributed by atoms with E-state index in [-0.39, 0.29) is 12.0 Å². The van der Waals surface area contributed by atoms with Crippen LogP contribution in [0.2, 0.25) is 0 Å². The third-order valence-corrected chi connectivity index (χ3v) is 7.62. The molecule has 0 spiro atoms. The molecule has 4 aliphatic rings. The molecule has 182 valence electrons. The Hall–Kier alpha value is -1.90. The minimum Gasteiger partial charge on any atom is -0.489 e. The Labute approximate surface area is 196 Å². The molecule has 8 nitrogen and oxygen atoms in total. The molecule has 1 atom stereocenters. The molecule has 4 heterocycles. The summed E-state index contributed by atoms with van der Waals surface area (Å²) < 4.78 is 16.8. The first kappa shape index (κ1) is 22.9. The molecule has 0 aromatic carbocycles. The van der Waals surface area contributed by atoms with Crippen molar-refractivity contribution in [1.82, 2.24) is 15.2 Å². The van der Waals surface area contributed by atoms with Crippen LogP contribution in [0.15, 0.2) is 12.3 Å². The van der Waals surface area contributed by atoms with Crippen molar-refractivity contribution in [2.75, 3.05) is 64.1 Å². The van der Waals surface area contributed by atoms with Gasteiger partial charge >= 0.3 is 0 Å². The Morgan fingerprint density at radius 1 is 1.09 bits per heavy atom. The second kappa shape index (κ2) is 11.0. The van der Waals surface area contributed by atoms with Gasteiger partial charge in [0.15, 0.2) is 11.6 Å². The molecule has 5 rings (SSSR count). The van der Waals surface area contributed by atoms with Gasteiger partial charge in [-0.15, -0.1) is 0 Å². The Kier molecular flexibility index (Phi) is 7.64. The van der Waals surface area contributed by atoms with Gasteiger partial charge in [-0.05, 0) is 50.6 Å². The van der Waals surface area contributed by atoms with Crippen molar-refractivity contribution in [3.8, 4) is 5.75 Å². The van der Waals surface area contributed by atoms with Crippen molar-refractivity contribution in [1.29, 1.82) is 0 Å². The maximum Gasteiger partial charge on any atom is 0.222 e. The number of nitrogens with one attached hydrogen (secondary N) is 1. The highest BCUT2D eigenvalue weighted by Crippen LogP contribution is 2.34. The Morgan fingerprint density at radius 2 is 1.94 bits per heavy atom. The zero-order chi connectivity index (χ0) is 22.5. The minimum absolute atomic E-state index is 0.0818. The third kappa shape index (κ3) is 5.97. The number of fused-ring (bicyclic) bond motifs is 1. The molecule has 1 saturated carbocycles. The van der Waals surface area contributed by atoms with Gasteiger partial charge in [0, 0.05) is 50.4 Å². The van der Waals surface area contributed by atoms with Gasteiger partial charge in [-0.3, -0.25) is 9.69 Å². The minimum atomic E-state index is -0.0818. The topological polar surface area (TPSA) is 76.2 Å². The van der Waals surface area contributed by atoms with Crippen LogP contribution in [-0.2, 0) is 20.7 Å².